The molecule has 0 aromatic heterocycles. The van der Waals surface area contributed by atoms with Crippen molar-refractivity contribution in [1.82, 2.24) is 4.90 Å². The molecule has 0 N–H and O–H groups in total. The van der Waals surface area contributed by atoms with E-state index in [0.29, 0.717) is 18.6 Å². The third-order valence-corrected chi connectivity index (χ3v) is 5.42. The molecule has 0 spiro atoms. The van der Waals surface area contributed by atoms with Crippen LogP contribution in [0.25, 0.3) is 0 Å². The number of nitrogens with zero attached hydrogens (tertiary/aromatic N) is 2. The Morgan fingerprint density at radius 3 is 2.56 bits per heavy atom. The first-order valence-corrected chi connectivity index (χ1v) is 9.38. The number of carbonyl (C=O) groups excluding carboxylic acids is 2. The van der Waals surface area contributed by atoms with E-state index in [0.717, 1.165) is 30.4 Å². The van der Waals surface area contributed by atoms with Gasteiger partial charge in [-0.05, 0) is 50.8 Å². The van der Waals surface area contributed by atoms with Crippen LogP contribution in [0.1, 0.15) is 50.2 Å². The molecule has 0 saturated heterocycles. The largest absolute Gasteiger partial charge is 0.482 e. The summed E-state index contributed by atoms with van der Waals surface area (Å²) in [5.41, 5.74) is 1.23. The SMILES string of the molecule is Cc1cccc(OCC(=O)O[C@H](C)C(=O)N(C)C2(C#N)CCCCC2)c1C. The van der Waals surface area contributed by atoms with Crippen molar-refractivity contribution in [3.05, 3.63) is 29.3 Å². The lowest BCUT2D eigenvalue weighted by atomic mass is 9.81. The van der Waals surface area contributed by atoms with Crippen LogP contribution in [-0.4, -0.2) is 42.1 Å². The molecule has 1 aromatic carbocycles. The van der Waals surface area contributed by atoms with Gasteiger partial charge in [-0.1, -0.05) is 31.4 Å². The summed E-state index contributed by atoms with van der Waals surface area (Å²) in [4.78, 5) is 26.2. The molecule has 1 fully saturated rings. The second kappa shape index (κ2) is 8.90. The fourth-order valence-corrected chi connectivity index (χ4v) is 3.44. The maximum atomic E-state index is 12.7. The first-order chi connectivity index (χ1) is 12.8. The number of amides is 1. The predicted molar refractivity (Wildman–Crippen MR) is 101 cm³/mol. The highest BCUT2D eigenvalue weighted by Crippen LogP contribution is 2.32. The molecule has 0 aliphatic heterocycles. The Labute approximate surface area is 161 Å². The van der Waals surface area contributed by atoms with Gasteiger partial charge in [-0.2, -0.15) is 5.26 Å². The molecule has 1 amide bonds. The van der Waals surface area contributed by atoms with Crippen molar-refractivity contribution in [3.63, 3.8) is 0 Å². The molecular formula is C21H28N2O4. The highest BCUT2D eigenvalue weighted by molar-refractivity contribution is 5.84. The van der Waals surface area contributed by atoms with Gasteiger partial charge in [-0.15, -0.1) is 0 Å². The number of esters is 1. The number of rotatable bonds is 6. The Morgan fingerprint density at radius 2 is 1.93 bits per heavy atom. The average Bonchev–Trinajstić information content (AvgIpc) is 2.68. The van der Waals surface area contributed by atoms with E-state index in [9.17, 15) is 14.9 Å². The van der Waals surface area contributed by atoms with Crippen molar-refractivity contribution in [2.45, 2.75) is 64.5 Å². The Morgan fingerprint density at radius 1 is 1.26 bits per heavy atom. The van der Waals surface area contributed by atoms with Crippen molar-refractivity contribution in [2.75, 3.05) is 13.7 Å². The van der Waals surface area contributed by atoms with Crippen LogP contribution in [0.3, 0.4) is 0 Å². The Hall–Kier alpha value is -2.55. The van der Waals surface area contributed by atoms with Gasteiger partial charge in [0.25, 0.3) is 5.91 Å². The number of likely N-dealkylation sites (N-methyl/N-ethyl adjacent to an activating group) is 1. The molecule has 1 atom stereocenters. The minimum absolute atomic E-state index is 0.269. The number of hydrogen-bond acceptors (Lipinski definition) is 5. The minimum Gasteiger partial charge on any atom is -0.482 e. The van der Waals surface area contributed by atoms with E-state index in [1.165, 1.54) is 11.8 Å². The molecule has 0 radical (unpaired) electrons. The van der Waals surface area contributed by atoms with Crippen LogP contribution in [0.5, 0.6) is 5.75 Å². The lowest BCUT2D eigenvalue weighted by Gasteiger charge is -2.39. The summed E-state index contributed by atoms with van der Waals surface area (Å²) in [6.07, 6.45) is 3.26. The van der Waals surface area contributed by atoms with E-state index in [4.69, 9.17) is 9.47 Å². The fraction of sp³-hybridized carbons (Fsp3) is 0.571. The first-order valence-electron chi connectivity index (χ1n) is 9.38. The summed E-state index contributed by atoms with van der Waals surface area (Å²) in [5.74, 6) is -0.355. The van der Waals surface area contributed by atoms with Gasteiger partial charge in [0, 0.05) is 7.05 Å². The molecule has 0 bridgehead atoms. The van der Waals surface area contributed by atoms with E-state index >= 15 is 0 Å². The first kappa shape index (κ1) is 20.8. The van der Waals surface area contributed by atoms with Crippen LogP contribution in [0, 0.1) is 25.2 Å². The maximum absolute atomic E-state index is 12.7. The van der Waals surface area contributed by atoms with Crippen LogP contribution in [0.4, 0.5) is 0 Å². The number of aryl methyl sites for hydroxylation is 1. The van der Waals surface area contributed by atoms with Crippen molar-refractivity contribution in [3.8, 4) is 11.8 Å². The zero-order chi connectivity index (χ0) is 20.0. The highest BCUT2D eigenvalue weighted by Gasteiger charge is 2.40. The van der Waals surface area contributed by atoms with E-state index < -0.39 is 17.6 Å². The Kier molecular flexibility index (Phi) is 6.84. The number of benzene rings is 1. The second-order valence-electron chi connectivity index (χ2n) is 7.22. The molecule has 1 aromatic rings. The standard InChI is InChI=1S/C21H28N2O4/c1-15-9-8-10-18(16(15)2)26-13-19(24)27-17(3)20(25)23(4)21(14-22)11-6-5-7-12-21/h8-10,17H,5-7,11-13H2,1-4H3/t17-/m1/s1. The third kappa shape index (κ3) is 4.79. The summed E-state index contributed by atoms with van der Waals surface area (Å²) in [5, 5.41) is 9.61. The molecule has 6 nitrogen and oxygen atoms in total. The number of hydrogen-bond donors (Lipinski definition) is 0. The van der Waals surface area contributed by atoms with E-state index in [1.807, 2.05) is 26.0 Å². The van der Waals surface area contributed by atoms with Gasteiger partial charge >= 0.3 is 5.97 Å². The van der Waals surface area contributed by atoms with Gasteiger partial charge in [0.05, 0.1) is 6.07 Å². The van der Waals surface area contributed by atoms with Crippen LogP contribution in [0.2, 0.25) is 0 Å². The zero-order valence-electron chi connectivity index (χ0n) is 16.6. The van der Waals surface area contributed by atoms with Gasteiger partial charge in [-0.25, -0.2) is 4.79 Å². The Bertz CT molecular complexity index is 732. The zero-order valence-corrected chi connectivity index (χ0v) is 16.6. The molecule has 1 saturated carbocycles. The van der Waals surface area contributed by atoms with E-state index in [2.05, 4.69) is 6.07 Å². The fourth-order valence-electron chi connectivity index (χ4n) is 3.44. The highest BCUT2D eigenvalue weighted by atomic mass is 16.6. The summed E-state index contributed by atoms with van der Waals surface area (Å²) >= 11 is 0. The number of carbonyl (C=O) groups is 2. The second-order valence-corrected chi connectivity index (χ2v) is 7.22. The van der Waals surface area contributed by atoms with Gasteiger partial charge in [0.1, 0.15) is 11.3 Å². The summed E-state index contributed by atoms with van der Waals surface area (Å²) in [7, 11) is 1.62. The quantitative estimate of drug-likeness (QED) is 0.716. The Balaban J connectivity index is 1.92. The minimum atomic E-state index is -0.961. The smallest absolute Gasteiger partial charge is 0.344 e. The van der Waals surface area contributed by atoms with Crippen molar-refractivity contribution >= 4 is 11.9 Å². The number of ether oxygens (including phenoxy) is 2. The summed E-state index contributed by atoms with van der Waals surface area (Å²) < 4.78 is 10.8. The molecule has 0 heterocycles. The average molecular weight is 372 g/mol. The van der Waals surface area contributed by atoms with Gasteiger partial charge in [-0.3, -0.25) is 4.79 Å². The summed E-state index contributed by atoms with van der Waals surface area (Å²) in [6.45, 7) is 5.15. The number of nitriles is 1. The molecule has 1 aliphatic rings. The van der Waals surface area contributed by atoms with Gasteiger partial charge < -0.3 is 14.4 Å². The van der Waals surface area contributed by atoms with Crippen LogP contribution in [0.15, 0.2) is 18.2 Å². The van der Waals surface area contributed by atoms with Gasteiger partial charge in [0.2, 0.25) is 0 Å². The molecular weight excluding hydrogens is 344 g/mol. The van der Waals surface area contributed by atoms with E-state index in [1.54, 1.807) is 13.1 Å². The summed E-state index contributed by atoms with van der Waals surface area (Å²) in [6, 6.07) is 7.92. The van der Waals surface area contributed by atoms with Crippen molar-refractivity contribution in [2.24, 2.45) is 0 Å². The molecule has 27 heavy (non-hydrogen) atoms. The lowest BCUT2D eigenvalue weighted by Crippen LogP contribution is -2.53. The monoisotopic (exact) mass is 372 g/mol. The topological polar surface area (TPSA) is 79.6 Å². The normalized spacial score (nSPS) is 16.7. The van der Waals surface area contributed by atoms with Crippen LogP contribution in [-0.2, 0) is 14.3 Å². The maximum Gasteiger partial charge on any atom is 0.344 e. The third-order valence-electron chi connectivity index (χ3n) is 5.42. The molecule has 6 heteroatoms. The van der Waals surface area contributed by atoms with Crippen molar-refractivity contribution in [1.29, 1.82) is 5.26 Å². The van der Waals surface area contributed by atoms with Gasteiger partial charge in [0.15, 0.2) is 12.7 Å². The molecule has 1 aliphatic carbocycles. The van der Waals surface area contributed by atoms with Crippen LogP contribution < -0.4 is 4.74 Å². The van der Waals surface area contributed by atoms with Crippen LogP contribution >= 0.6 is 0 Å². The molecule has 0 unspecified atom stereocenters. The molecule has 2 rings (SSSR count). The predicted octanol–water partition coefficient (Wildman–Crippen LogP) is 3.30. The lowest BCUT2D eigenvalue weighted by molar-refractivity contribution is -0.162. The van der Waals surface area contributed by atoms with E-state index in [-0.39, 0.29) is 12.5 Å². The molecule has 146 valence electrons. The van der Waals surface area contributed by atoms with Crippen molar-refractivity contribution < 1.29 is 19.1 Å².